The number of H-pyrrole nitrogens is 1. The van der Waals surface area contributed by atoms with Crippen molar-refractivity contribution in [2.75, 3.05) is 14.1 Å². The highest BCUT2D eigenvalue weighted by atomic mass is 19.1. The van der Waals surface area contributed by atoms with Crippen LogP contribution in [0.25, 0.3) is 10.9 Å². The molecule has 2 aromatic heterocycles. The number of nitrogens with zero attached hydrogens (tertiary/aromatic N) is 3. The smallest absolute Gasteiger partial charge is 0.226 e. The fourth-order valence-corrected chi connectivity index (χ4v) is 5.53. The molecule has 2 heterocycles. The molecule has 1 fully saturated rings. The summed E-state index contributed by atoms with van der Waals surface area (Å²) in [7, 11) is 4.19. The van der Waals surface area contributed by atoms with Crippen LogP contribution in [0.1, 0.15) is 54.6 Å². The summed E-state index contributed by atoms with van der Waals surface area (Å²) in [6.45, 7) is 0. The lowest BCUT2D eigenvalue weighted by atomic mass is 9.75. The van der Waals surface area contributed by atoms with Gasteiger partial charge in [0.25, 0.3) is 0 Å². The molecule has 1 N–H and O–H groups in total. The third-order valence-electron chi connectivity index (χ3n) is 7.08. The summed E-state index contributed by atoms with van der Waals surface area (Å²) in [5.41, 5.74) is 3.38. The molecule has 1 aliphatic carbocycles. The fraction of sp³-hybridized carbons (Fsp3) is 0.407. The van der Waals surface area contributed by atoms with Gasteiger partial charge in [-0.2, -0.15) is 4.98 Å². The third-order valence-corrected chi connectivity index (χ3v) is 7.08. The van der Waals surface area contributed by atoms with E-state index in [4.69, 9.17) is 4.52 Å². The summed E-state index contributed by atoms with van der Waals surface area (Å²) >= 11 is 0. The van der Waals surface area contributed by atoms with E-state index in [9.17, 15) is 4.39 Å². The molecule has 172 valence electrons. The molecule has 1 aliphatic rings. The van der Waals surface area contributed by atoms with Crippen LogP contribution in [0.3, 0.4) is 0 Å². The maximum Gasteiger partial charge on any atom is 0.226 e. The van der Waals surface area contributed by atoms with Crippen LogP contribution in [0.4, 0.5) is 4.39 Å². The largest absolute Gasteiger partial charge is 0.361 e. The van der Waals surface area contributed by atoms with Gasteiger partial charge in [0, 0.05) is 36.0 Å². The van der Waals surface area contributed by atoms with Crippen molar-refractivity contribution in [1.82, 2.24) is 20.0 Å². The number of aromatic amines is 1. The number of rotatable bonds is 7. The standard InChI is InChI=1S/C27H31FN4O/c1-32(2)27(20-6-5-7-22(28)15-20)19-12-10-18(11-13-19)14-26-30-25(31-33-26)16-21-17-29-24-9-4-3-8-23(21)24/h3-9,15,17-19,27,29H,10-14,16H2,1-2H3. The average Bonchev–Trinajstić information content (AvgIpc) is 3.42. The molecule has 0 amide bonds. The molecule has 1 unspecified atom stereocenters. The molecule has 1 saturated carbocycles. The highest BCUT2D eigenvalue weighted by Gasteiger charge is 2.31. The lowest BCUT2D eigenvalue weighted by molar-refractivity contribution is 0.145. The molecule has 6 heteroatoms. The molecule has 0 aliphatic heterocycles. The van der Waals surface area contributed by atoms with Crippen molar-refractivity contribution < 1.29 is 8.91 Å². The topological polar surface area (TPSA) is 58.0 Å². The Bertz CT molecular complexity index is 1210. The average molecular weight is 447 g/mol. The van der Waals surface area contributed by atoms with E-state index in [2.05, 4.69) is 46.3 Å². The van der Waals surface area contributed by atoms with Gasteiger partial charge in [-0.1, -0.05) is 35.5 Å². The first-order valence-corrected chi connectivity index (χ1v) is 11.8. The van der Waals surface area contributed by atoms with Crippen LogP contribution in [-0.4, -0.2) is 34.1 Å². The number of hydrogen-bond donors (Lipinski definition) is 1. The van der Waals surface area contributed by atoms with E-state index in [0.29, 0.717) is 18.3 Å². The second-order valence-electron chi connectivity index (χ2n) is 9.59. The zero-order valence-corrected chi connectivity index (χ0v) is 19.3. The summed E-state index contributed by atoms with van der Waals surface area (Å²) in [5.74, 6) is 2.40. The van der Waals surface area contributed by atoms with Gasteiger partial charge in [0.1, 0.15) is 5.82 Å². The molecule has 0 spiro atoms. The Kier molecular flexibility index (Phi) is 6.27. The van der Waals surface area contributed by atoms with Crippen molar-refractivity contribution in [2.24, 2.45) is 11.8 Å². The molecule has 5 nitrogen and oxygen atoms in total. The highest BCUT2D eigenvalue weighted by molar-refractivity contribution is 5.83. The van der Waals surface area contributed by atoms with Crippen molar-refractivity contribution in [2.45, 2.75) is 44.6 Å². The minimum absolute atomic E-state index is 0.159. The molecular weight excluding hydrogens is 415 g/mol. The Balaban J connectivity index is 1.19. The minimum Gasteiger partial charge on any atom is -0.361 e. The molecule has 33 heavy (non-hydrogen) atoms. The zero-order chi connectivity index (χ0) is 22.8. The zero-order valence-electron chi connectivity index (χ0n) is 19.3. The number of halogens is 1. The number of benzene rings is 2. The van der Waals surface area contributed by atoms with Crippen LogP contribution in [0.15, 0.2) is 59.3 Å². The van der Waals surface area contributed by atoms with E-state index in [1.807, 2.05) is 30.5 Å². The second-order valence-corrected chi connectivity index (χ2v) is 9.59. The van der Waals surface area contributed by atoms with Crippen LogP contribution in [0.5, 0.6) is 0 Å². The molecule has 0 saturated heterocycles. The Labute approximate surface area is 194 Å². The van der Waals surface area contributed by atoms with Gasteiger partial charge >= 0.3 is 0 Å². The molecule has 2 aromatic carbocycles. The van der Waals surface area contributed by atoms with E-state index in [1.165, 1.54) is 17.0 Å². The summed E-state index contributed by atoms with van der Waals surface area (Å²) in [4.78, 5) is 10.2. The van der Waals surface area contributed by atoms with Crippen molar-refractivity contribution in [1.29, 1.82) is 0 Å². The van der Waals surface area contributed by atoms with E-state index in [0.717, 1.165) is 54.9 Å². The van der Waals surface area contributed by atoms with Crippen LogP contribution in [-0.2, 0) is 12.8 Å². The van der Waals surface area contributed by atoms with Gasteiger partial charge in [-0.05, 0) is 80.9 Å². The van der Waals surface area contributed by atoms with Gasteiger partial charge in [-0.25, -0.2) is 4.39 Å². The Morgan fingerprint density at radius 2 is 1.91 bits per heavy atom. The minimum atomic E-state index is -0.159. The van der Waals surface area contributed by atoms with Gasteiger partial charge in [-0.3, -0.25) is 0 Å². The monoisotopic (exact) mass is 446 g/mol. The molecule has 1 atom stereocenters. The SMILES string of the molecule is CN(C)C(c1cccc(F)c1)C1CCC(Cc2nc(Cc3c[nH]c4ccccc34)no2)CC1. The maximum atomic E-state index is 13.8. The number of fused-ring (bicyclic) bond motifs is 1. The van der Waals surface area contributed by atoms with Crippen molar-refractivity contribution in [3.05, 3.63) is 83.4 Å². The number of hydrogen-bond acceptors (Lipinski definition) is 4. The first kappa shape index (κ1) is 21.8. The first-order valence-electron chi connectivity index (χ1n) is 11.8. The molecule has 0 bridgehead atoms. The summed E-state index contributed by atoms with van der Waals surface area (Å²) in [6.07, 6.45) is 8.04. The second kappa shape index (κ2) is 9.48. The van der Waals surface area contributed by atoms with E-state index in [-0.39, 0.29) is 11.9 Å². The van der Waals surface area contributed by atoms with E-state index >= 15 is 0 Å². The maximum absolute atomic E-state index is 13.8. The van der Waals surface area contributed by atoms with Gasteiger partial charge in [0.2, 0.25) is 5.89 Å². The summed E-state index contributed by atoms with van der Waals surface area (Å²) in [5, 5.41) is 5.44. The molecular formula is C27H31FN4O. The van der Waals surface area contributed by atoms with Crippen molar-refractivity contribution in [3.8, 4) is 0 Å². The van der Waals surface area contributed by atoms with Crippen LogP contribution in [0.2, 0.25) is 0 Å². The van der Waals surface area contributed by atoms with Crippen molar-refractivity contribution in [3.63, 3.8) is 0 Å². The van der Waals surface area contributed by atoms with Crippen molar-refractivity contribution >= 4 is 10.9 Å². The number of nitrogens with one attached hydrogen (secondary N) is 1. The quantitative estimate of drug-likeness (QED) is 0.382. The van der Waals surface area contributed by atoms with Crippen LogP contribution < -0.4 is 0 Å². The lowest BCUT2D eigenvalue weighted by Crippen LogP contribution is -2.30. The van der Waals surface area contributed by atoms with Gasteiger partial charge < -0.3 is 14.4 Å². The number of aromatic nitrogens is 3. The normalized spacial score (nSPS) is 19.9. The molecule has 0 radical (unpaired) electrons. The first-order chi connectivity index (χ1) is 16.1. The fourth-order valence-electron chi connectivity index (χ4n) is 5.53. The predicted molar refractivity (Wildman–Crippen MR) is 127 cm³/mol. The van der Waals surface area contributed by atoms with Gasteiger partial charge in [0.15, 0.2) is 5.82 Å². The van der Waals surface area contributed by atoms with E-state index in [1.54, 1.807) is 6.07 Å². The van der Waals surface area contributed by atoms with Gasteiger partial charge in [0.05, 0.1) is 0 Å². The molecule has 5 rings (SSSR count). The number of para-hydroxylation sites is 1. The Hall–Kier alpha value is -2.99. The Morgan fingerprint density at radius 1 is 1.09 bits per heavy atom. The molecule has 4 aromatic rings. The Morgan fingerprint density at radius 3 is 2.70 bits per heavy atom. The summed E-state index contributed by atoms with van der Waals surface area (Å²) < 4.78 is 19.4. The third kappa shape index (κ3) is 4.86. The van der Waals surface area contributed by atoms with Crippen LogP contribution >= 0.6 is 0 Å². The van der Waals surface area contributed by atoms with Crippen LogP contribution in [0, 0.1) is 17.7 Å². The predicted octanol–water partition coefficient (Wildman–Crippen LogP) is 5.93. The highest BCUT2D eigenvalue weighted by Crippen LogP contribution is 2.40. The lowest BCUT2D eigenvalue weighted by Gasteiger charge is -2.37. The summed E-state index contributed by atoms with van der Waals surface area (Å²) in [6, 6.07) is 15.6. The van der Waals surface area contributed by atoms with Gasteiger partial charge in [-0.15, -0.1) is 0 Å². The van der Waals surface area contributed by atoms with E-state index < -0.39 is 0 Å².